The summed E-state index contributed by atoms with van der Waals surface area (Å²) in [6.45, 7) is 0. The minimum Gasteiger partial charge on any atom is -0.500 e. The molecule has 0 aliphatic rings. The highest BCUT2D eigenvalue weighted by Crippen LogP contribution is 2.37. The molecule has 0 atom stereocenters. The average molecular weight is 375 g/mol. The third-order valence-electron chi connectivity index (χ3n) is 3.08. The van der Waals surface area contributed by atoms with Gasteiger partial charge in [0.05, 0.1) is 23.7 Å². The Labute approximate surface area is 140 Å². The highest BCUT2D eigenvalue weighted by Gasteiger charge is 2.19. The molecular formula is C16H11BrN2O4. The molecule has 7 heteroatoms. The zero-order chi connectivity index (χ0) is 17.0. The lowest BCUT2D eigenvalue weighted by Gasteiger charge is -2.06. The Kier molecular flexibility index (Phi) is 4.98. The lowest BCUT2D eigenvalue weighted by atomic mass is 10.0. The monoisotopic (exact) mass is 374 g/mol. The van der Waals surface area contributed by atoms with Crippen LogP contribution in [0.1, 0.15) is 11.1 Å². The van der Waals surface area contributed by atoms with Gasteiger partial charge in [0.15, 0.2) is 5.75 Å². The Morgan fingerprint density at radius 1 is 1.39 bits per heavy atom. The molecule has 0 aliphatic heterocycles. The lowest BCUT2D eigenvalue weighted by Crippen LogP contribution is -1.93. The quantitative estimate of drug-likeness (QED) is 0.375. The van der Waals surface area contributed by atoms with E-state index in [1.165, 1.54) is 25.3 Å². The van der Waals surface area contributed by atoms with Crippen molar-refractivity contribution in [3.8, 4) is 17.6 Å². The third-order valence-corrected chi connectivity index (χ3v) is 3.61. The molecule has 2 aromatic rings. The first-order chi connectivity index (χ1) is 11.0. The summed E-state index contributed by atoms with van der Waals surface area (Å²) in [6, 6.07) is 11.8. The number of phenolic OH excluding ortho intramolecular Hbond substituents is 1. The normalized spacial score (nSPS) is 10.9. The van der Waals surface area contributed by atoms with E-state index in [2.05, 4.69) is 22.0 Å². The minimum atomic E-state index is -0.707. The van der Waals surface area contributed by atoms with Crippen molar-refractivity contribution in [1.29, 1.82) is 5.26 Å². The lowest BCUT2D eigenvalue weighted by molar-refractivity contribution is -0.386. The van der Waals surface area contributed by atoms with Crippen molar-refractivity contribution in [1.82, 2.24) is 0 Å². The summed E-state index contributed by atoms with van der Waals surface area (Å²) >= 11 is 3.31. The van der Waals surface area contributed by atoms with Gasteiger partial charge in [0, 0.05) is 10.5 Å². The molecule has 0 saturated carbocycles. The van der Waals surface area contributed by atoms with Crippen molar-refractivity contribution >= 4 is 33.3 Å². The van der Waals surface area contributed by atoms with Crippen LogP contribution in [0.15, 0.2) is 40.9 Å². The third kappa shape index (κ3) is 3.67. The van der Waals surface area contributed by atoms with Crippen molar-refractivity contribution in [2.24, 2.45) is 0 Å². The average Bonchev–Trinajstić information content (AvgIpc) is 2.54. The van der Waals surface area contributed by atoms with Crippen LogP contribution in [-0.4, -0.2) is 17.1 Å². The van der Waals surface area contributed by atoms with Crippen molar-refractivity contribution in [3.05, 3.63) is 62.1 Å². The molecule has 0 aromatic heterocycles. The summed E-state index contributed by atoms with van der Waals surface area (Å²) in [6.07, 6.45) is 1.50. The summed E-state index contributed by atoms with van der Waals surface area (Å²) < 4.78 is 5.82. The van der Waals surface area contributed by atoms with Gasteiger partial charge in [-0.1, -0.05) is 28.1 Å². The molecule has 2 aromatic carbocycles. The first kappa shape index (κ1) is 16.5. The van der Waals surface area contributed by atoms with Crippen LogP contribution in [-0.2, 0) is 0 Å². The highest BCUT2D eigenvalue weighted by atomic mass is 79.9. The molecule has 1 N–H and O–H groups in total. The molecule has 0 radical (unpaired) electrons. The van der Waals surface area contributed by atoms with Crippen LogP contribution in [0.4, 0.5) is 5.69 Å². The second-order valence-electron chi connectivity index (χ2n) is 4.52. The number of rotatable bonds is 4. The molecule has 0 fully saturated rings. The van der Waals surface area contributed by atoms with E-state index in [0.717, 1.165) is 4.47 Å². The van der Waals surface area contributed by atoms with Gasteiger partial charge < -0.3 is 9.84 Å². The fraction of sp³-hybridized carbons (Fsp3) is 0.0625. The molecule has 0 bridgehead atoms. The van der Waals surface area contributed by atoms with Crippen LogP contribution in [0, 0.1) is 21.4 Å². The van der Waals surface area contributed by atoms with Gasteiger partial charge in [-0.3, -0.25) is 10.1 Å². The maximum atomic E-state index is 11.0. The first-order valence-corrected chi connectivity index (χ1v) is 7.18. The number of nitrogens with zero attached hydrogens (tertiary/aromatic N) is 2. The predicted octanol–water partition coefficient (Wildman–Crippen LogP) is 4.14. The summed E-state index contributed by atoms with van der Waals surface area (Å²) in [5.41, 5.74) is 0.902. The Hall–Kier alpha value is -2.85. The maximum Gasteiger partial charge on any atom is 0.315 e. The summed E-state index contributed by atoms with van der Waals surface area (Å²) in [4.78, 5) is 10.3. The number of methoxy groups -OCH3 is 1. The maximum absolute atomic E-state index is 11.0. The van der Waals surface area contributed by atoms with Crippen LogP contribution in [0.2, 0.25) is 0 Å². The topological polar surface area (TPSA) is 96.4 Å². The minimum absolute atomic E-state index is 0.0291. The molecule has 0 unspecified atom stereocenters. The van der Waals surface area contributed by atoms with E-state index in [1.54, 1.807) is 24.3 Å². The number of aromatic hydroxyl groups is 1. The predicted molar refractivity (Wildman–Crippen MR) is 88.9 cm³/mol. The summed E-state index contributed by atoms with van der Waals surface area (Å²) in [7, 11) is 1.30. The number of phenols is 1. The smallest absolute Gasteiger partial charge is 0.315 e. The van der Waals surface area contributed by atoms with Gasteiger partial charge in [-0.05, 0) is 35.4 Å². The Bertz CT molecular complexity index is 823. The van der Waals surface area contributed by atoms with E-state index >= 15 is 0 Å². The van der Waals surface area contributed by atoms with Crippen LogP contribution in [0.3, 0.4) is 0 Å². The van der Waals surface area contributed by atoms with E-state index in [1.807, 2.05) is 0 Å². The van der Waals surface area contributed by atoms with Crippen molar-refractivity contribution in [2.45, 2.75) is 0 Å². The summed E-state index contributed by atoms with van der Waals surface area (Å²) in [5, 5.41) is 30.1. The number of hydrogen-bond acceptors (Lipinski definition) is 5. The van der Waals surface area contributed by atoms with E-state index in [-0.39, 0.29) is 5.75 Å². The Morgan fingerprint density at radius 2 is 2.04 bits per heavy atom. The summed E-state index contributed by atoms with van der Waals surface area (Å²) in [5.74, 6) is -0.574. The van der Waals surface area contributed by atoms with Crippen molar-refractivity contribution in [2.75, 3.05) is 7.11 Å². The number of benzene rings is 2. The fourth-order valence-electron chi connectivity index (χ4n) is 1.97. The number of ether oxygens (including phenoxy) is 1. The van der Waals surface area contributed by atoms with Crippen LogP contribution < -0.4 is 4.74 Å². The highest BCUT2D eigenvalue weighted by molar-refractivity contribution is 9.10. The SMILES string of the molecule is COc1cc(/C=C(/C#N)c2ccc(Br)cc2)cc([N+](=O)[O-])c1O. The zero-order valence-corrected chi connectivity index (χ0v) is 13.6. The van der Waals surface area contributed by atoms with Crippen LogP contribution >= 0.6 is 15.9 Å². The first-order valence-electron chi connectivity index (χ1n) is 6.39. The molecule has 0 spiro atoms. The van der Waals surface area contributed by atoms with E-state index < -0.39 is 16.4 Å². The Morgan fingerprint density at radius 3 is 2.57 bits per heavy atom. The fourth-order valence-corrected chi connectivity index (χ4v) is 2.23. The van der Waals surface area contributed by atoms with Gasteiger partial charge in [-0.25, -0.2) is 0 Å². The van der Waals surface area contributed by atoms with Gasteiger partial charge in [-0.2, -0.15) is 5.26 Å². The van der Waals surface area contributed by atoms with E-state index in [4.69, 9.17) is 4.74 Å². The number of nitro benzene ring substituents is 1. The number of allylic oxidation sites excluding steroid dienone is 1. The molecular weight excluding hydrogens is 364 g/mol. The van der Waals surface area contributed by atoms with Gasteiger partial charge in [0.1, 0.15) is 0 Å². The van der Waals surface area contributed by atoms with E-state index in [0.29, 0.717) is 16.7 Å². The van der Waals surface area contributed by atoms with Crippen LogP contribution in [0.5, 0.6) is 11.5 Å². The van der Waals surface area contributed by atoms with Crippen LogP contribution in [0.25, 0.3) is 11.6 Å². The number of hydrogen-bond donors (Lipinski definition) is 1. The molecule has 116 valence electrons. The van der Waals surface area contributed by atoms with Gasteiger partial charge in [0.25, 0.3) is 0 Å². The number of nitriles is 1. The Balaban J connectivity index is 2.56. The van der Waals surface area contributed by atoms with Gasteiger partial charge >= 0.3 is 5.69 Å². The molecule has 23 heavy (non-hydrogen) atoms. The molecule has 0 saturated heterocycles. The molecule has 0 amide bonds. The van der Waals surface area contributed by atoms with Crippen molar-refractivity contribution < 1.29 is 14.8 Å². The van der Waals surface area contributed by atoms with Gasteiger partial charge in [-0.15, -0.1) is 0 Å². The molecule has 6 nitrogen and oxygen atoms in total. The molecule has 0 heterocycles. The second-order valence-corrected chi connectivity index (χ2v) is 5.44. The number of halogens is 1. The van der Waals surface area contributed by atoms with Crippen molar-refractivity contribution in [3.63, 3.8) is 0 Å². The molecule has 0 aliphatic carbocycles. The largest absolute Gasteiger partial charge is 0.500 e. The molecule has 2 rings (SSSR count). The van der Waals surface area contributed by atoms with Gasteiger partial charge in [0.2, 0.25) is 5.75 Å². The van der Waals surface area contributed by atoms with E-state index in [9.17, 15) is 20.5 Å². The standard InChI is InChI=1S/C16H11BrN2O4/c1-23-15-8-10(7-14(16(15)20)19(21)22)6-12(9-18)11-2-4-13(17)5-3-11/h2-8,20H,1H3/b12-6-. The second kappa shape index (κ2) is 6.94. The number of nitro groups is 1. The zero-order valence-electron chi connectivity index (χ0n) is 12.0.